The van der Waals surface area contributed by atoms with Crippen molar-refractivity contribution in [3.8, 4) is 5.75 Å². The van der Waals surface area contributed by atoms with E-state index < -0.39 is 11.6 Å². The van der Waals surface area contributed by atoms with Crippen LogP contribution in [0.5, 0.6) is 5.75 Å². The Morgan fingerprint density at radius 2 is 2.13 bits per heavy atom. The SMILES string of the molecule is O=C(O)c1ccc2c(c1)C(=O)C1(CC1)O2. The third-order valence-corrected chi connectivity index (χ3v) is 2.89. The van der Waals surface area contributed by atoms with Crippen LogP contribution in [-0.2, 0) is 0 Å². The van der Waals surface area contributed by atoms with E-state index in [1.165, 1.54) is 12.1 Å². The van der Waals surface area contributed by atoms with Gasteiger partial charge in [0, 0.05) is 0 Å². The summed E-state index contributed by atoms with van der Waals surface area (Å²) in [6.45, 7) is 0. The van der Waals surface area contributed by atoms with Crippen LogP contribution in [0.1, 0.15) is 33.6 Å². The highest BCUT2D eigenvalue weighted by Gasteiger charge is 2.57. The van der Waals surface area contributed by atoms with Gasteiger partial charge in [0.15, 0.2) is 5.60 Å². The van der Waals surface area contributed by atoms with Crippen molar-refractivity contribution in [3.05, 3.63) is 29.3 Å². The standard InChI is InChI=1S/C11H8O4/c12-9-7-5-6(10(13)14)1-2-8(7)15-11(9)3-4-11/h1-2,5H,3-4H2,(H,13,14). The Balaban J connectivity index is 2.11. The van der Waals surface area contributed by atoms with E-state index in [4.69, 9.17) is 9.84 Å². The first-order valence-corrected chi connectivity index (χ1v) is 4.74. The summed E-state index contributed by atoms with van der Waals surface area (Å²) in [5.41, 5.74) is -0.102. The molecule has 76 valence electrons. The summed E-state index contributed by atoms with van der Waals surface area (Å²) in [7, 11) is 0. The van der Waals surface area contributed by atoms with Crippen molar-refractivity contribution in [3.63, 3.8) is 0 Å². The number of hydrogen-bond donors (Lipinski definition) is 1. The van der Waals surface area contributed by atoms with Gasteiger partial charge in [0.1, 0.15) is 5.75 Å². The molecule has 0 atom stereocenters. The van der Waals surface area contributed by atoms with E-state index in [1.807, 2.05) is 0 Å². The number of carboxylic acids is 1. The van der Waals surface area contributed by atoms with Gasteiger partial charge in [-0.1, -0.05) is 0 Å². The summed E-state index contributed by atoms with van der Waals surface area (Å²) in [4.78, 5) is 22.6. The van der Waals surface area contributed by atoms with E-state index in [-0.39, 0.29) is 11.3 Å². The highest BCUT2D eigenvalue weighted by molar-refractivity contribution is 6.10. The topological polar surface area (TPSA) is 63.6 Å². The molecule has 1 fully saturated rings. The summed E-state index contributed by atoms with van der Waals surface area (Å²) >= 11 is 0. The lowest BCUT2D eigenvalue weighted by molar-refractivity contribution is 0.0697. The van der Waals surface area contributed by atoms with Crippen LogP contribution in [-0.4, -0.2) is 22.5 Å². The first-order chi connectivity index (χ1) is 7.12. The summed E-state index contributed by atoms with van der Waals surface area (Å²) < 4.78 is 5.51. The normalized spacial score (nSPS) is 19.9. The minimum atomic E-state index is -1.03. The van der Waals surface area contributed by atoms with Gasteiger partial charge < -0.3 is 9.84 Å². The van der Waals surface area contributed by atoms with Gasteiger partial charge in [0.2, 0.25) is 5.78 Å². The van der Waals surface area contributed by atoms with Crippen molar-refractivity contribution in [1.82, 2.24) is 0 Å². The molecular weight excluding hydrogens is 196 g/mol. The molecule has 1 aliphatic heterocycles. The first-order valence-electron chi connectivity index (χ1n) is 4.74. The maximum atomic E-state index is 11.8. The van der Waals surface area contributed by atoms with Crippen LogP contribution in [0.3, 0.4) is 0 Å². The Labute approximate surface area is 85.5 Å². The van der Waals surface area contributed by atoms with E-state index in [9.17, 15) is 9.59 Å². The van der Waals surface area contributed by atoms with Crippen LogP contribution < -0.4 is 4.74 Å². The number of carboxylic acid groups (broad SMARTS) is 1. The fraction of sp³-hybridized carbons (Fsp3) is 0.273. The molecule has 3 rings (SSSR count). The van der Waals surface area contributed by atoms with Gasteiger partial charge >= 0.3 is 5.97 Å². The predicted molar refractivity (Wildman–Crippen MR) is 50.3 cm³/mol. The molecule has 1 saturated carbocycles. The maximum Gasteiger partial charge on any atom is 0.335 e. The minimum absolute atomic E-state index is 0.0689. The Hall–Kier alpha value is -1.84. The van der Waals surface area contributed by atoms with Gasteiger partial charge in [-0.25, -0.2) is 4.79 Å². The van der Waals surface area contributed by atoms with Crippen LogP contribution in [0.2, 0.25) is 0 Å². The van der Waals surface area contributed by atoms with E-state index >= 15 is 0 Å². The number of ketones is 1. The molecule has 1 aromatic rings. The summed E-state index contributed by atoms with van der Waals surface area (Å²) in [6.07, 6.45) is 1.48. The first kappa shape index (κ1) is 8.47. The Morgan fingerprint density at radius 1 is 1.40 bits per heavy atom. The summed E-state index contributed by atoms with van der Waals surface area (Å²) in [5.74, 6) is -0.578. The monoisotopic (exact) mass is 204 g/mol. The van der Waals surface area contributed by atoms with E-state index in [0.29, 0.717) is 11.3 Å². The lowest BCUT2D eigenvalue weighted by atomic mass is 10.0. The zero-order valence-electron chi connectivity index (χ0n) is 7.82. The number of hydrogen-bond acceptors (Lipinski definition) is 3. The zero-order chi connectivity index (χ0) is 10.6. The van der Waals surface area contributed by atoms with Gasteiger partial charge in [-0.05, 0) is 31.0 Å². The van der Waals surface area contributed by atoms with Gasteiger partial charge in [-0.3, -0.25) is 4.79 Å². The van der Waals surface area contributed by atoms with Crippen molar-refractivity contribution in [2.45, 2.75) is 18.4 Å². The number of carbonyl (C=O) groups is 2. The summed E-state index contributed by atoms with van der Waals surface area (Å²) in [6, 6.07) is 4.41. The third-order valence-electron chi connectivity index (χ3n) is 2.89. The molecule has 1 spiro atoms. The second kappa shape index (κ2) is 2.39. The smallest absolute Gasteiger partial charge is 0.335 e. The van der Waals surface area contributed by atoms with Gasteiger partial charge in [-0.15, -0.1) is 0 Å². The number of ether oxygens (including phenoxy) is 1. The summed E-state index contributed by atoms with van der Waals surface area (Å²) in [5, 5.41) is 8.80. The molecule has 0 radical (unpaired) electrons. The van der Waals surface area contributed by atoms with Crippen LogP contribution in [0.25, 0.3) is 0 Å². The number of aromatic carboxylic acids is 1. The molecule has 4 heteroatoms. The lowest BCUT2D eigenvalue weighted by Gasteiger charge is -2.03. The highest BCUT2D eigenvalue weighted by Crippen LogP contribution is 2.49. The van der Waals surface area contributed by atoms with Crippen LogP contribution in [0.4, 0.5) is 0 Å². The number of benzene rings is 1. The van der Waals surface area contributed by atoms with Crippen LogP contribution in [0, 0.1) is 0 Å². The Kier molecular flexibility index (Phi) is 1.35. The van der Waals surface area contributed by atoms with Crippen molar-refractivity contribution >= 4 is 11.8 Å². The van der Waals surface area contributed by atoms with Crippen molar-refractivity contribution < 1.29 is 19.4 Å². The molecule has 4 nitrogen and oxygen atoms in total. The second-order valence-corrected chi connectivity index (χ2v) is 3.94. The molecule has 1 aromatic carbocycles. The molecule has 0 aromatic heterocycles. The number of Topliss-reactive ketones (excluding diaryl/α,β-unsaturated/α-hetero) is 1. The van der Waals surface area contributed by atoms with Crippen molar-refractivity contribution in [2.75, 3.05) is 0 Å². The van der Waals surface area contributed by atoms with Crippen LogP contribution in [0.15, 0.2) is 18.2 Å². The molecular formula is C11H8O4. The quantitative estimate of drug-likeness (QED) is 0.752. The number of carbonyl (C=O) groups excluding carboxylic acids is 1. The number of fused-ring (bicyclic) bond motifs is 1. The molecule has 2 aliphatic rings. The van der Waals surface area contributed by atoms with Gasteiger partial charge in [-0.2, -0.15) is 0 Å². The van der Waals surface area contributed by atoms with Crippen LogP contribution >= 0.6 is 0 Å². The number of rotatable bonds is 1. The van der Waals surface area contributed by atoms with E-state index in [0.717, 1.165) is 12.8 Å². The molecule has 0 amide bonds. The third kappa shape index (κ3) is 1.02. The zero-order valence-corrected chi connectivity index (χ0v) is 7.82. The van der Waals surface area contributed by atoms with E-state index in [1.54, 1.807) is 6.07 Å². The minimum Gasteiger partial charge on any atom is -0.478 e. The Bertz CT molecular complexity index is 485. The molecule has 1 aliphatic carbocycles. The van der Waals surface area contributed by atoms with Crippen molar-refractivity contribution in [1.29, 1.82) is 0 Å². The van der Waals surface area contributed by atoms with Gasteiger partial charge in [0.05, 0.1) is 11.1 Å². The fourth-order valence-corrected chi connectivity index (χ4v) is 1.87. The second-order valence-electron chi connectivity index (χ2n) is 3.94. The lowest BCUT2D eigenvalue weighted by Crippen LogP contribution is -2.21. The molecule has 15 heavy (non-hydrogen) atoms. The molecule has 0 unspecified atom stereocenters. The highest BCUT2D eigenvalue weighted by atomic mass is 16.5. The maximum absolute atomic E-state index is 11.8. The molecule has 0 saturated heterocycles. The molecule has 0 bridgehead atoms. The Morgan fingerprint density at radius 3 is 2.73 bits per heavy atom. The van der Waals surface area contributed by atoms with Crippen molar-refractivity contribution in [2.24, 2.45) is 0 Å². The van der Waals surface area contributed by atoms with Gasteiger partial charge in [0.25, 0.3) is 0 Å². The largest absolute Gasteiger partial charge is 0.478 e. The molecule has 1 N–H and O–H groups in total. The average Bonchev–Trinajstić information content (AvgIpc) is 2.92. The molecule has 1 heterocycles. The fourth-order valence-electron chi connectivity index (χ4n) is 1.87. The predicted octanol–water partition coefficient (Wildman–Crippen LogP) is 1.49. The average molecular weight is 204 g/mol. The van der Waals surface area contributed by atoms with E-state index in [2.05, 4.69) is 0 Å².